The number of methoxy groups -OCH3 is 1. The first-order valence-corrected chi connectivity index (χ1v) is 9.94. The summed E-state index contributed by atoms with van der Waals surface area (Å²) in [6.45, 7) is 4.04. The molecule has 1 fully saturated rings. The van der Waals surface area contributed by atoms with Crippen molar-refractivity contribution in [3.63, 3.8) is 0 Å². The number of amides is 1. The maximum absolute atomic E-state index is 12.8. The number of rotatable bonds is 6. The molecular formula is C22H27N5O2. The molecule has 7 nitrogen and oxygen atoms in total. The van der Waals surface area contributed by atoms with Crippen LogP contribution in [-0.4, -0.2) is 29.0 Å². The van der Waals surface area contributed by atoms with Gasteiger partial charge in [0, 0.05) is 18.4 Å². The zero-order chi connectivity index (χ0) is 20.4. The highest BCUT2D eigenvalue weighted by atomic mass is 16.5. The summed E-state index contributed by atoms with van der Waals surface area (Å²) in [7, 11) is 1.66. The van der Waals surface area contributed by atoms with E-state index in [0.29, 0.717) is 6.42 Å². The van der Waals surface area contributed by atoms with Crippen LogP contribution < -0.4 is 20.9 Å². The first kappa shape index (κ1) is 19.4. The molecule has 4 unspecified atom stereocenters. The van der Waals surface area contributed by atoms with Gasteiger partial charge >= 0.3 is 0 Å². The Morgan fingerprint density at radius 1 is 1.17 bits per heavy atom. The molecule has 0 saturated carbocycles. The van der Waals surface area contributed by atoms with Gasteiger partial charge in [0.15, 0.2) is 0 Å². The number of fused-ring (bicyclic) bond motifs is 1. The van der Waals surface area contributed by atoms with E-state index in [2.05, 4.69) is 33.1 Å². The highest BCUT2D eigenvalue weighted by Gasteiger charge is 2.35. The summed E-state index contributed by atoms with van der Waals surface area (Å²) >= 11 is 0. The van der Waals surface area contributed by atoms with Crippen LogP contribution in [0.4, 0.5) is 0 Å². The minimum Gasteiger partial charge on any atom is -0.497 e. The van der Waals surface area contributed by atoms with Crippen molar-refractivity contribution in [3.8, 4) is 5.75 Å². The molecule has 1 aliphatic rings. The highest BCUT2D eigenvalue weighted by Crippen LogP contribution is 2.32. The molecular weight excluding hydrogens is 366 g/mol. The third kappa shape index (κ3) is 4.11. The van der Waals surface area contributed by atoms with Crippen molar-refractivity contribution in [2.24, 2.45) is 5.92 Å². The molecule has 4 N–H and O–H groups in total. The van der Waals surface area contributed by atoms with Gasteiger partial charge in [-0.05, 0) is 43.7 Å². The Morgan fingerprint density at radius 2 is 1.93 bits per heavy atom. The maximum Gasteiger partial charge on any atom is 0.220 e. The Morgan fingerprint density at radius 3 is 2.66 bits per heavy atom. The number of aromatic amines is 1. The Bertz CT molecular complexity index is 951. The number of nitrogens with one attached hydrogen (secondary N) is 4. The number of para-hydroxylation sites is 2. The minimum absolute atomic E-state index is 0.0128. The van der Waals surface area contributed by atoms with Gasteiger partial charge < -0.3 is 15.0 Å². The molecule has 1 aromatic heterocycles. The Hall–Kier alpha value is -2.90. The number of imidazole rings is 1. The summed E-state index contributed by atoms with van der Waals surface area (Å²) in [5.41, 5.74) is 9.61. The molecule has 1 aliphatic heterocycles. The fraction of sp³-hybridized carbons (Fsp3) is 0.364. The number of hydrogen-bond acceptors (Lipinski definition) is 5. The lowest BCUT2D eigenvalue weighted by molar-refractivity contribution is -0.122. The van der Waals surface area contributed by atoms with Crippen molar-refractivity contribution in [2.75, 3.05) is 7.11 Å². The SMILES string of the molecule is COc1ccc(C2NNC(C)C2CC(=O)NC(C)c2nc3ccccc3[nH]2)cc1. The van der Waals surface area contributed by atoms with Crippen molar-refractivity contribution < 1.29 is 9.53 Å². The van der Waals surface area contributed by atoms with Gasteiger partial charge in [-0.1, -0.05) is 24.3 Å². The molecule has 0 spiro atoms. The fourth-order valence-corrected chi connectivity index (χ4v) is 3.92. The number of hydrogen-bond donors (Lipinski definition) is 4. The van der Waals surface area contributed by atoms with Gasteiger partial charge in [0.05, 0.1) is 30.2 Å². The van der Waals surface area contributed by atoms with E-state index in [1.807, 2.05) is 55.5 Å². The van der Waals surface area contributed by atoms with Crippen molar-refractivity contribution in [3.05, 3.63) is 59.9 Å². The Balaban J connectivity index is 1.42. The Labute approximate surface area is 170 Å². The van der Waals surface area contributed by atoms with Gasteiger partial charge in [-0.25, -0.2) is 10.4 Å². The van der Waals surface area contributed by atoms with Crippen LogP contribution in [0.25, 0.3) is 11.0 Å². The lowest BCUT2D eigenvalue weighted by Crippen LogP contribution is -2.33. The van der Waals surface area contributed by atoms with Crippen LogP contribution in [0.3, 0.4) is 0 Å². The van der Waals surface area contributed by atoms with Crippen LogP contribution in [-0.2, 0) is 4.79 Å². The number of carbonyl (C=O) groups excluding carboxylic acids is 1. The first-order valence-electron chi connectivity index (χ1n) is 9.94. The largest absolute Gasteiger partial charge is 0.497 e. The smallest absolute Gasteiger partial charge is 0.220 e. The number of carbonyl (C=O) groups is 1. The first-order chi connectivity index (χ1) is 14.0. The van der Waals surface area contributed by atoms with Crippen LogP contribution in [0.2, 0.25) is 0 Å². The van der Waals surface area contributed by atoms with Gasteiger partial charge in [0.2, 0.25) is 5.91 Å². The Kier molecular flexibility index (Phi) is 5.51. The quantitative estimate of drug-likeness (QED) is 0.517. The van der Waals surface area contributed by atoms with E-state index in [-0.39, 0.29) is 30.0 Å². The predicted octanol–water partition coefficient (Wildman–Crippen LogP) is 2.99. The summed E-state index contributed by atoms with van der Waals surface area (Å²) in [6.07, 6.45) is 0.419. The molecule has 7 heteroatoms. The summed E-state index contributed by atoms with van der Waals surface area (Å²) in [4.78, 5) is 20.7. The molecule has 1 saturated heterocycles. The third-order valence-corrected chi connectivity index (χ3v) is 5.63. The van der Waals surface area contributed by atoms with Gasteiger partial charge in [-0.15, -0.1) is 0 Å². The summed E-state index contributed by atoms with van der Waals surface area (Å²) in [6, 6.07) is 15.9. The molecule has 0 aliphatic carbocycles. The van der Waals surface area contributed by atoms with E-state index >= 15 is 0 Å². The van der Waals surface area contributed by atoms with Crippen LogP contribution in [0.1, 0.15) is 43.7 Å². The fourth-order valence-electron chi connectivity index (χ4n) is 3.92. The van der Waals surface area contributed by atoms with Gasteiger partial charge in [-0.2, -0.15) is 0 Å². The van der Waals surface area contributed by atoms with Crippen LogP contribution in [0, 0.1) is 5.92 Å². The number of aromatic nitrogens is 2. The molecule has 2 heterocycles. The van der Waals surface area contributed by atoms with Gasteiger partial charge in [-0.3, -0.25) is 10.2 Å². The van der Waals surface area contributed by atoms with Crippen molar-refractivity contribution in [2.45, 2.75) is 38.4 Å². The van der Waals surface area contributed by atoms with Gasteiger partial charge in [0.25, 0.3) is 0 Å². The lowest BCUT2D eigenvalue weighted by atomic mass is 9.87. The monoisotopic (exact) mass is 393 g/mol. The second-order valence-corrected chi connectivity index (χ2v) is 7.62. The van der Waals surface area contributed by atoms with E-state index in [0.717, 1.165) is 28.2 Å². The zero-order valence-corrected chi connectivity index (χ0v) is 16.9. The maximum atomic E-state index is 12.8. The van der Waals surface area contributed by atoms with Crippen LogP contribution in [0.5, 0.6) is 5.75 Å². The normalized spacial score (nSPS) is 22.5. The molecule has 4 atom stereocenters. The molecule has 29 heavy (non-hydrogen) atoms. The van der Waals surface area contributed by atoms with Crippen LogP contribution >= 0.6 is 0 Å². The number of ether oxygens (including phenoxy) is 1. The second kappa shape index (κ2) is 8.23. The number of benzene rings is 2. The number of H-pyrrole nitrogens is 1. The zero-order valence-electron chi connectivity index (χ0n) is 16.9. The molecule has 152 valence electrons. The lowest BCUT2D eigenvalue weighted by Gasteiger charge is -2.22. The van der Waals surface area contributed by atoms with Crippen molar-refractivity contribution in [1.82, 2.24) is 26.1 Å². The minimum atomic E-state index is -0.188. The average molecular weight is 393 g/mol. The van der Waals surface area contributed by atoms with E-state index in [1.54, 1.807) is 7.11 Å². The van der Waals surface area contributed by atoms with Crippen molar-refractivity contribution >= 4 is 16.9 Å². The number of nitrogens with zero attached hydrogens (tertiary/aromatic N) is 1. The van der Waals surface area contributed by atoms with Crippen LogP contribution in [0.15, 0.2) is 48.5 Å². The molecule has 2 aromatic carbocycles. The van der Waals surface area contributed by atoms with E-state index in [4.69, 9.17) is 4.74 Å². The second-order valence-electron chi connectivity index (χ2n) is 7.62. The molecule has 0 radical (unpaired) electrons. The predicted molar refractivity (Wildman–Crippen MR) is 112 cm³/mol. The van der Waals surface area contributed by atoms with E-state index in [1.165, 1.54) is 0 Å². The van der Waals surface area contributed by atoms with Crippen molar-refractivity contribution in [1.29, 1.82) is 0 Å². The third-order valence-electron chi connectivity index (χ3n) is 5.63. The summed E-state index contributed by atoms with van der Waals surface area (Å²) < 4.78 is 5.24. The highest BCUT2D eigenvalue weighted by molar-refractivity contribution is 5.78. The van der Waals surface area contributed by atoms with E-state index < -0.39 is 0 Å². The van der Waals surface area contributed by atoms with Gasteiger partial charge in [0.1, 0.15) is 11.6 Å². The molecule has 3 aromatic rings. The standard InChI is InChI=1S/C22H27N5O2/c1-13-17(21(27-26-13)15-8-10-16(29-3)11-9-15)12-20(28)23-14(2)22-24-18-6-4-5-7-19(18)25-22/h4-11,13-14,17,21,26-27H,12H2,1-3H3,(H,23,28)(H,24,25). The molecule has 0 bridgehead atoms. The summed E-state index contributed by atoms with van der Waals surface area (Å²) in [5.74, 6) is 1.73. The average Bonchev–Trinajstić information content (AvgIpc) is 3.32. The number of hydrazine groups is 1. The molecule has 4 rings (SSSR count). The topological polar surface area (TPSA) is 91.1 Å². The van der Waals surface area contributed by atoms with E-state index in [9.17, 15) is 4.79 Å². The molecule has 1 amide bonds. The summed E-state index contributed by atoms with van der Waals surface area (Å²) in [5, 5.41) is 3.09.